The number of nitrogens with one attached hydrogen (secondary N) is 2. The minimum atomic E-state index is -0.331. The van der Waals surface area contributed by atoms with Gasteiger partial charge in [0.25, 0.3) is 5.91 Å². The molecular formula is C20H25Cl2N3O3. The van der Waals surface area contributed by atoms with Gasteiger partial charge in [0.2, 0.25) is 5.91 Å². The van der Waals surface area contributed by atoms with Crippen molar-refractivity contribution in [1.29, 1.82) is 0 Å². The van der Waals surface area contributed by atoms with E-state index in [9.17, 15) is 9.59 Å². The van der Waals surface area contributed by atoms with Crippen LogP contribution < -0.4 is 21.1 Å². The zero-order valence-electron chi connectivity index (χ0n) is 16.0. The molecule has 0 atom stereocenters. The number of carbonyl (C=O) groups is 2. The molecule has 28 heavy (non-hydrogen) atoms. The molecule has 2 aromatic carbocycles. The van der Waals surface area contributed by atoms with Crippen molar-refractivity contribution in [2.24, 2.45) is 5.92 Å². The van der Waals surface area contributed by atoms with Crippen molar-refractivity contribution in [2.45, 2.75) is 26.8 Å². The Kier molecular flexibility index (Phi) is 9.09. The quantitative estimate of drug-likeness (QED) is 0.577. The average molecular weight is 426 g/mol. The van der Waals surface area contributed by atoms with Crippen LogP contribution in [0.15, 0.2) is 36.4 Å². The molecule has 2 amide bonds. The van der Waals surface area contributed by atoms with Crippen LogP contribution in [0.2, 0.25) is 5.02 Å². The van der Waals surface area contributed by atoms with Crippen LogP contribution in [0.25, 0.3) is 0 Å². The van der Waals surface area contributed by atoms with E-state index in [1.54, 1.807) is 0 Å². The second-order valence-electron chi connectivity index (χ2n) is 6.60. The first-order chi connectivity index (χ1) is 12.8. The van der Waals surface area contributed by atoms with Gasteiger partial charge in [0.05, 0.1) is 23.4 Å². The van der Waals surface area contributed by atoms with Crippen molar-refractivity contribution in [3.63, 3.8) is 0 Å². The normalized spacial score (nSPS) is 10.2. The van der Waals surface area contributed by atoms with Crippen LogP contribution >= 0.6 is 24.0 Å². The van der Waals surface area contributed by atoms with Crippen molar-refractivity contribution >= 4 is 47.2 Å². The first-order valence-electron chi connectivity index (χ1n) is 8.60. The summed E-state index contributed by atoms with van der Waals surface area (Å²) in [6.07, 6.45) is 0.457. The third-order valence-electron chi connectivity index (χ3n) is 3.82. The molecule has 0 radical (unpaired) electrons. The molecule has 0 saturated heterocycles. The highest BCUT2D eigenvalue weighted by molar-refractivity contribution is 6.33. The number of anilines is 2. The van der Waals surface area contributed by atoms with E-state index in [0.717, 1.165) is 5.56 Å². The van der Waals surface area contributed by atoms with Crippen LogP contribution in [-0.4, -0.2) is 18.9 Å². The summed E-state index contributed by atoms with van der Waals surface area (Å²) in [5, 5.41) is 5.97. The SMILES string of the molecule is COc1cc(N)c(Cl)cc1C(=O)NCc1cccc(NC(=O)CC(C)C)c1.Cl. The van der Waals surface area contributed by atoms with Gasteiger partial charge < -0.3 is 21.1 Å². The van der Waals surface area contributed by atoms with Gasteiger partial charge in [-0.25, -0.2) is 0 Å². The first-order valence-corrected chi connectivity index (χ1v) is 8.98. The molecule has 0 aliphatic rings. The maximum Gasteiger partial charge on any atom is 0.255 e. The molecule has 0 aliphatic carbocycles. The van der Waals surface area contributed by atoms with Crippen molar-refractivity contribution < 1.29 is 14.3 Å². The van der Waals surface area contributed by atoms with Gasteiger partial charge in [-0.3, -0.25) is 9.59 Å². The van der Waals surface area contributed by atoms with Gasteiger partial charge in [-0.05, 0) is 29.7 Å². The second-order valence-corrected chi connectivity index (χ2v) is 7.01. The molecule has 2 rings (SSSR count). The number of ether oxygens (including phenoxy) is 1. The monoisotopic (exact) mass is 425 g/mol. The lowest BCUT2D eigenvalue weighted by molar-refractivity contribution is -0.116. The molecule has 4 N–H and O–H groups in total. The van der Waals surface area contributed by atoms with Gasteiger partial charge in [-0.2, -0.15) is 0 Å². The van der Waals surface area contributed by atoms with Crippen molar-refractivity contribution in [2.75, 3.05) is 18.2 Å². The molecule has 2 aromatic rings. The zero-order valence-corrected chi connectivity index (χ0v) is 17.6. The van der Waals surface area contributed by atoms with Crippen molar-refractivity contribution in [1.82, 2.24) is 5.32 Å². The Morgan fingerprint density at radius 1 is 1.21 bits per heavy atom. The minimum Gasteiger partial charge on any atom is -0.496 e. The Balaban J connectivity index is 0.00000392. The molecule has 8 heteroatoms. The molecule has 0 aromatic heterocycles. The highest BCUT2D eigenvalue weighted by Gasteiger charge is 2.15. The molecule has 152 valence electrons. The topological polar surface area (TPSA) is 93.4 Å². The van der Waals surface area contributed by atoms with E-state index in [4.69, 9.17) is 22.1 Å². The minimum absolute atomic E-state index is 0. The van der Waals surface area contributed by atoms with Gasteiger partial charge in [0.1, 0.15) is 5.75 Å². The van der Waals surface area contributed by atoms with Crippen molar-refractivity contribution in [3.05, 3.63) is 52.5 Å². The number of benzene rings is 2. The summed E-state index contributed by atoms with van der Waals surface area (Å²) < 4.78 is 5.20. The second kappa shape index (κ2) is 10.8. The fraction of sp³-hybridized carbons (Fsp3) is 0.300. The number of hydrogen-bond donors (Lipinski definition) is 3. The number of nitrogens with two attached hydrogens (primary N) is 1. The van der Waals surface area contributed by atoms with Gasteiger partial charge in [0.15, 0.2) is 0 Å². The van der Waals surface area contributed by atoms with Crippen LogP contribution in [-0.2, 0) is 11.3 Å². The predicted molar refractivity (Wildman–Crippen MR) is 115 cm³/mol. The molecular weight excluding hydrogens is 401 g/mol. The van der Waals surface area contributed by atoms with E-state index in [1.807, 2.05) is 38.1 Å². The number of hydrogen-bond acceptors (Lipinski definition) is 4. The number of halogens is 2. The lowest BCUT2D eigenvalue weighted by Gasteiger charge is -2.12. The number of amides is 2. The molecule has 0 aliphatic heterocycles. The fourth-order valence-electron chi connectivity index (χ4n) is 2.53. The van der Waals surface area contributed by atoms with Crippen LogP contribution in [0.3, 0.4) is 0 Å². The Labute approximate surface area is 176 Å². The Hall–Kier alpha value is -2.44. The lowest BCUT2D eigenvalue weighted by atomic mass is 10.1. The van der Waals surface area contributed by atoms with E-state index < -0.39 is 0 Å². The van der Waals surface area contributed by atoms with E-state index >= 15 is 0 Å². The summed E-state index contributed by atoms with van der Waals surface area (Å²) >= 11 is 6.01. The van der Waals surface area contributed by atoms with E-state index in [2.05, 4.69) is 10.6 Å². The number of methoxy groups -OCH3 is 1. The van der Waals surface area contributed by atoms with Crippen LogP contribution in [0.4, 0.5) is 11.4 Å². The number of nitrogen functional groups attached to an aromatic ring is 1. The fourth-order valence-corrected chi connectivity index (χ4v) is 2.70. The predicted octanol–water partition coefficient (Wildman–Crippen LogP) is 4.27. The summed E-state index contributed by atoms with van der Waals surface area (Å²) in [7, 11) is 1.46. The Morgan fingerprint density at radius 2 is 1.93 bits per heavy atom. The average Bonchev–Trinajstić information content (AvgIpc) is 2.61. The number of rotatable bonds is 7. The third kappa shape index (κ3) is 6.62. The Bertz CT molecular complexity index is 841. The largest absolute Gasteiger partial charge is 0.496 e. The molecule has 0 unspecified atom stereocenters. The summed E-state index contributed by atoms with van der Waals surface area (Å²) in [6, 6.07) is 10.3. The smallest absolute Gasteiger partial charge is 0.255 e. The lowest BCUT2D eigenvalue weighted by Crippen LogP contribution is -2.23. The third-order valence-corrected chi connectivity index (χ3v) is 4.15. The zero-order chi connectivity index (χ0) is 20.0. The highest BCUT2D eigenvalue weighted by atomic mass is 35.5. The van der Waals surface area contributed by atoms with Crippen LogP contribution in [0.5, 0.6) is 5.75 Å². The maximum absolute atomic E-state index is 12.5. The van der Waals surface area contributed by atoms with Gasteiger partial charge in [-0.15, -0.1) is 12.4 Å². The molecule has 0 heterocycles. The highest BCUT2D eigenvalue weighted by Crippen LogP contribution is 2.28. The van der Waals surface area contributed by atoms with Crippen LogP contribution in [0, 0.1) is 5.92 Å². The maximum atomic E-state index is 12.5. The van der Waals surface area contributed by atoms with Crippen LogP contribution in [0.1, 0.15) is 36.2 Å². The number of carbonyl (C=O) groups excluding carboxylic acids is 2. The first kappa shape index (κ1) is 23.6. The molecule has 0 bridgehead atoms. The van der Waals surface area contributed by atoms with Gasteiger partial charge in [0, 0.05) is 24.7 Å². The van der Waals surface area contributed by atoms with Crippen molar-refractivity contribution in [3.8, 4) is 5.75 Å². The summed E-state index contributed by atoms with van der Waals surface area (Å²) in [6.45, 7) is 4.27. The molecule has 0 spiro atoms. The summed E-state index contributed by atoms with van der Waals surface area (Å²) in [5.41, 5.74) is 7.93. The molecule has 0 saturated carbocycles. The van der Waals surface area contributed by atoms with E-state index in [-0.39, 0.29) is 41.7 Å². The molecule has 0 fully saturated rings. The Morgan fingerprint density at radius 3 is 2.57 bits per heavy atom. The van der Waals surface area contributed by atoms with E-state index in [1.165, 1.54) is 19.2 Å². The summed E-state index contributed by atoms with van der Waals surface area (Å²) in [5.74, 6) is 0.272. The van der Waals surface area contributed by atoms with Gasteiger partial charge in [-0.1, -0.05) is 37.6 Å². The van der Waals surface area contributed by atoms with E-state index in [0.29, 0.717) is 29.1 Å². The summed E-state index contributed by atoms with van der Waals surface area (Å²) in [4.78, 5) is 24.4. The molecule has 6 nitrogen and oxygen atoms in total. The standard InChI is InChI=1S/C20H24ClN3O3.ClH/c1-12(2)7-19(25)24-14-6-4-5-13(8-14)11-23-20(26)15-9-16(21)17(22)10-18(15)27-3;/h4-6,8-10,12H,7,11,22H2,1-3H3,(H,23,26)(H,24,25);1H. The van der Waals surface area contributed by atoms with Gasteiger partial charge >= 0.3 is 0 Å².